The van der Waals surface area contributed by atoms with Crippen LogP contribution in [0.4, 0.5) is 5.69 Å². The van der Waals surface area contributed by atoms with Crippen LogP contribution in [0.25, 0.3) is 0 Å². The number of hydrogen-bond donors (Lipinski definition) is 1. The summed E-state index contributed by atoms with van der Waals surface area (Å²) in [5.74, 6) is 0.480. The number of rotatable bonds is 5. The minimum Gasteiger partial charge on any atom is -0.393 e. The van der Waals surface area contributed by atoms with Crippen molar-refractivity contribution in [2.45, 2.75) is 51.3 Å². The first-order chi connectivity index (χ1) is 12.0. The fraction of sp³-hybridized carbons (Fsp3) is 0.714. The molecule has 25 heavy (non-hydrogen) atoms. The van der Waals surface area contributed by atoms with Gasteiger partial charge in [-0.1, -0.05) is 18.2 Å². The number of benzene rings is 1. The number of para-hydroxylation sites is 1. The van der Waals surface area contributed by atoms with E-state index in [1.165, 1.54) is 37.2 Å². The SMILES string of the molecule is CC(O)C1CCN(Cc2ccccc2N(C)C2CCN(C)CC2)CC1. The fourth-order valence-electron chi connectivity index (χ4n) is 4.40. The van der Waals surface area contributed by atoms with Crippen molar-refractivity contribution in [3.05, 3.63) is 29.8 Å². The smallest absolute Gasteiger partial charge is 0.0541 e. The summed E-state index contributed by atoms with van der Waals surface area (Å²) in [6.45, 7) is 7.56. The van der Waals surface area contributed by atoms with Crippen LogP contribution in [0, 0.1) is 5.92 Å². The number of nitrogens with zero attached hydrogens (tertiary/aromatic N) is 3. The molecule has 0 aliphatic carbocycles. The Morgan fingerprint density at radius 1 is 1.08 bits per heavy atom. The van der Waals surface area contributed by atoms with E-state index in [0.29, 0.717) is 12.0 Å². The Balaban J connectivity index is 1.63. The molecule has 1 aromatic rings. The van der Waals surface area contributed by atoms with E-state index in [0.717, 1.165) is 32.5 Å². The third kappa shape index (κ3) is 4.75. The van der Waals surface area contributed by atoms with Gasteiger partial charge in [-0.25, -0.2) is 0 Å². The number of aliphatic hydroxyl groups excluding tert-OH is 1. The van der Waals surface area contributed by atoms with Crippen LogP contribution < -0.4 is 4.90 Å². The zero-order valence-corrected chi connectivity index (χ0v) is 16.2. The summed E-state index contributed by atoms with van der Waals surface area (Å²) in [6.07, 6.45) is 4.57. The lowest BCUT2D eigenvalue weighted by atomic mass is 9.92. The Labute approximate surface area is 153 Å². The maximum absolute atomic E-state index is 9.80. The number of anilines is 1. The molecule has 0 bridgehead atoms. The highest BCUT2D eigenvalue weighted by Crippen LogP contribution is 2.28. The van der Waals surface area contributed by atoms with Gasteiger partial charge in [-0.2, -0.15) is 0 Å². The average Bonchev–Trinajstić information content (AvgIpc) is 2.63. The van der Waals surface area contributed by atoms with Crippen molar-refractivity contribution in [1.29, 1.82) is 0 Å². The van der Waals surface area contributed by atoms with Crippen molar-refractivity contribution < 1.29 is 5.11 Å². The van der Waals surface area contributed by atoms with Crippen LogP contribution in [0.1, 0.15) is 38.2 Å². The van der Waals surface area contributed by atoms with E-state index >= 15 is 0 Å². The van der Waals surface area contributed by atoms with E-state index in [1.54, 1.807) is 0 Å². The van der Waals surface area contributed by atoms with Gasteiger partial charge in [0.15, 0.2) is 0 Å². The minimum atomic E-state index is -0.162. The first kappa shape index (κ1) is 18.7. The molecule has 2 heterocycles. The molecular weight excluding hydrogens is 310 g/mol. The molecule has 0 spiro atoms. The number of aliphatic hydroxyl groups is 1. The monoisotopic (exact) mass is 345 g/mol. The van der Waals surface area contributed by atoms with Gasteiger partial charge >= 0.3 is 0 Å². The number of piperidine rings is 2. The molecule has 2 fully saturated rings. The summed E-state index contributed by atoms with van der Waals surface area (Å²) in [4.78, 5) is 7.51. The molecular formula is C21H35N3O. The van der Waals surface area contributed by atoms with Gasteiger partial charge in [-0.3, -0.25) is 4.90 Å². The minimum absolute atomic E-state index is 0.162. The van der Waals surface area contributed by atoms with E-state index in [2.05, 4.69) is 53.1 Å². The molecule has 2 saturated heterocycles. The van der Waals surface area contributed by atoms with Crippen LogP contribution in [-0.2, 0) is 6.54 Å². The van der Waals surface area contributed by atoms with E-state index in [9.17, 15) is 5.11 Å². The van der Waals surface area contributed by atoms with E-state index in [1.807, 2.05) is 6.92 Å². The number of likely N-dealkylation sites (tertiary alicyclic amines) is 2. The first-order valence-corrected chi connectivity index (χ1v) is 9.94. The van der Waals surface area contributed by atoms with Crippen molar-refractivity contribution in [3.63, 3.8) is 0 Å². The standard InChI is InChI=1S/C21H35N3O/c1-17(25)18-8-14-24(15-9-18)16-19-6-4-5-7-21(19)23(3)20-10-12-22(2)13-11-20/h4-7,17-18,20,25H,8-16H2,1-3H3. The van der Waals surface area contributed by atoms with E-state index in [-0.39, 0.29) is 6.10 Å². The van der Waals surface area contributed by atoms with E-state index < -0.39 is 0 Å². The maximum Gasteiger partial charge on any atom is 0.0541 e. The Morgan fingerprint density at radius 2 is 1.72 bits per heavy atom. The van der Waals surface area contributed by atoms with Gasteiger partial charge in [-0.15, -0.1) is 0 Å². The maximum atomic E-state index is 9.80. The third-order valence-corrected chi connectivity index (χ3v) is 6.32. The van der Waals surface area contributed by atoms with Crippen molar-refractivity contribution in [2.75, 3.05) is 45.2 Å². The molecule has 4 heteroatoms. The zero-order valence-electron chi connectivity index (χ0n) is 16.2. The van der Waals surface area contributed by atoms with Crippen LogP contribution in [-0.4, -0.2) is 67.3 Å². The second-order valence-electron chi connectivity index (χ2n) is 8.13. The molecule has 0 saturated carbocycles. The summed E-state index contributed by atoms with van der Waals surface area (Å²) < 4.78 is 0. The molecule has 2 aliphatic rings. The quantitative estimate of drug-likeness (QED) is 0.889. The van der Waals surface area contributed by atoms with Crippen molar-refractivity contribution in [1.82, 2.24) is 9.80 Å². The average molecular weight is 346 g/mol. The third-order valence-electron chi connectivity index (χ3n) is 6.32. The summed E-state index contributed by atoms with van der Waals surface area (Å²) in [6, 6.07) is 9.57. The predicted octanol–water partition coefficient (Wildman–Crippen LogP) is 2.81. The molecule has 4 nitrogen and oxygen atoms in total. The van der Waals surface area contributed by atoms with Gasteiger partial charge in [0, 0.05) is 25.3 Å². The molecule has 0 aromatic heterocycles. The van der Waals surface area contributed by atoms with Gasteiger partial charge < -0.3 is 14.9 Å². The molecule has 1 N–H and O–H groups in total. The van der Waals surface area contributed by atoms with Gasteiger partial charge in [0.2, 0.25) is 0 Å². The highest BCUT2D eigenvalue weighted by Gasteiger charge is 2.25. The molecule has 140 valence electrons. The topological polar surface area (TPSA) is 30.0 Å². The summed E-state index contributed by atoms with van der Waals surface area (Å²) in [5.41, 5.74) is 2.84. The van der Waals surface area contributed by atoms with Gasteiger partial charge in [0.1, 0.15) is 0 Å². The Hall–Kier alpha value is -1.10. The molecule has 0 radical (unpaired) electrons. The lowest BCUT2D eigenvalue weighted by molar-refractivity contribution is 0.0695. The van der Waals surface area contributed by atoms with Crippen LogP contribution in [0.5, 0.6) is 0 Å². The molecule has 1 unspecified atom stereocenters. The van der Waals surface area contributed by atoms with Gasteiger partial charge in [0.25, 0.3) is 0 Å². The Morgan fingerprint density at radius 3 is 2.36 bits per heavy atom. The van der Waals surface area contributed by atoms with Crippen LogP contribution in [0.15, 0.2) is 24.3 Å². The predicted molar refractivity (Wildman–Crippen MR) is 105 cm³/mol. The zero-order chi connectivity index (χ0) is 17.8. The summed E-state index contributed by atoms with van der Waals surface area (Å²) in [7, 11) is 4.50. The van der Waals surface area contributed by atoms with Crippen molar-refractivity contribution in [2.24, 2.45) is 5.92 Å². The van der Waals surface area contributed by atoms with Crippen LogP contribution >= 0.6 is 0 Å². The number of hydrogen-bond acceptors (Lipinski definition) is 4. The normalized spacial score (nSPS) is 22.9. The second kappa shape index (κ2) is 8.52. The Bertz CT molecular complexity index is 532. The van der Waals surface area contributed by atoms with Crippen LogP contribution in [0.2, 0.25) is 0 Å². The van der Waals surface area contributed by atoms with Crippen LogP contribution in [0.3, 0.4) is 0 Å². The lowest BCUT2D eigenvalue weighted by Crippen LogP contribution is -2.42. The second-order valence-corrected chi connectivity index (χ2v) is 8.13. The first-order valence-electron chi connectivity index (χ1n) is 9.94. The van der Waals surface area contributed by atoms with Gasteiger partial charge in [-0.05, 0) is 83.4 Å². The van der Waals surface area contributed by atoms with Crippen molar-refractivity contribution >= 4 is 5.69 Å². The molecule has 2 aliphatic heterocycles. The lowest BCUT2D eigenvalue weighted by Gasteiger charge is -2.38. The highest BCUT2D eigenvalue weighted by atomic mass is 16.3. The molecule has 0 amide bonds. The van der Waals surface area contributed by atoms with Gasteiger partial charge in [0.05, 0.1) is 6.10 Å². The molecule has 1 aromatic carbocycles. The Kier molecular flexibility index (Phi) is 6.37. The van der Waals surface area contributed by atoms with Crippen molar-refractivity contribution in [3.8, 4) is 0 Å². The molecule has 3 rings (SSSR count). The summed E-state index contributed by atoms with van der Waals surface area (Å²) >= 11 is 0. The summed E-state index contributed by atoms with van der Waals surface area (Å²) in [5, 5.41) is 9.80. The fourth-order valence-corrected chi connectivity index (χ4v) is 4.40. The highest BCUT2D eigenvalue weighted by molar-refractivity contribution is 5.54. The molecule has 1 atom stereocenters. The largest absolute Gasteiger partial charge is 0.393 e. The van der Waals surface area contributed by atoms with E-state index in [4.69, 9.17) is 0 Å².